The van der Waals surface area contributed by atoms with Gasteiger partial charge < -0.3 is 9.88 Å². The molecule has 0 bridgehead atoms. The Morgan fingerprint density at radius 2 is 2.00 bits per heavy atom. The largest absolute Gasteiger partial charge is 0.352 e. The molecule has 0 saturated carbocycles. The van der Waals surface area contributed by atoms with E-state index in [-0.39, 0.29) is 11.7 Å². The highest BCUT2D eigenvalue weighted by molar-refractivity contribution is 5.76. The molecule has 0 spiro atoms. The zero-order valence-corrected chi connectivity index (χ0v) is 16.5. The van der Waals surface area contributed by atoms with Crippen molar-refractivity contribution in [2.24, 2.45) is 5.92 Å². The smallest absolute Gasteiger partial charge is 0.220 e. The summed E-state index contributed by atoms with van der Waals surface area (Å²) in [5, 5.41) is 2.89. The van der Waals surface area contributed by atoms with Gasteiger partial charge in [0.1, 0.15) is 17.2 Å². The molecular weight excluding hydrogens is 355 g/mol. The quantitative estimate of drug-likeness (QED) is 0.602. The molecule has 0 atom stereocenters. The molecule has 1 aromatic carbocycles. The highest BCUT2D eigenvalue weighted by atomic mass is 19.1. The molecular formula is C22H27FN4O. The summed E-state index contributed by atoms with van der Waals surface area (Å²) in [6.07, 6.45) is 4.75. The minimum Gasteiger partial charge on any atom is -0.352 e. The molecule has 2 aromatic heterocycles. The van der Waals surface area contributed by atoms with Gasteiger partial charge in [0, 0.05) is 32.1 Å². The molecule has 0 fully saturated rings. The number of benzene rings is 1. The van der Waals surface area contributed by atoms with Gasteiger partial charge in [-0.15, -0.1) is 0 Å². The van der Waals surface area contributed by atoms with E-state index in [4.69, 9.17) is 4.98 Å². The maximum Gasteiger partial charge on any atom is 0.220 e. The first-order valence-electron chi connectivity index (χ1n) is 9.84. The molecule has 0 radical (unpaired) electrons. The van der Waals surface area contributed by atoms with Gasteiger partial charge >= 0.3 is 0 Å². The van der Waals surface area contributed by atoms with Gasteiger partial charge in [0.05, 0.1) is 0 Å². The third-order valence-corrected chi connectivity index (χ3v) is 4.72. The monoisotopic (exact) mass is 382 g/mol. The van der Waals surface area contributed by atoms with Crippen molar-refractivity contribution in [3.8, 4) is 0 Å². The molecule has 3 rings (SSSR count). The number of pyridine rings is 1. The van der Waals surface area contributed by atoms with Crippen LogP contribution in [0.25, 0.3) is 11.2 Å². The summed E-state index contributed by atoms with van der Waals surface area (Å²) in [4.78, 5) is 21.3. The molecule has 3 aromatic rings. The molecule has 0 unspecified atom stereocenters. The van der Waals surface area contributed by atoms with Crippen LogP contribution in [0, 0.1) is 11.7 Å². The maximum absolute atomic E-state index is 12.9. The Hall–Kier alpha value is -2.76. The Morgan fingerprint density at radius 1 is 1.21 bits per heavy atom. The van der Waals surface area contributed by atoms with Gasteiger partial charge in [-0.25, -0.2) is 14.4 Å². The number of carbonyl (C=O) groups excluding carboxylic acids is 1. The van der Waals surface area contributed by atoms with Gasteiger partial charge in [-0.1, -0.05) is 26.0 Å². The van der Waals surface area contributed by atoms with Crippen LogP contribution < -0.4 is 5.32 Å². The number of hydrogen-bond acceptors (Lipinski definition) is 3. The molecule has 0 aliphatic carbocycles. The molecule has 1 N–H and O–H groups in total. The van der Waals surface area contributed by atoms with E-state index < -0.39 is 0 Å². The van der Waals surface area contributed by atoms with Crippen molar-refractivity contribution < 1.29 is 9.18 Å². The van der Waals surface area contributed by atoms with Crippen LogP contribution in [0.1, 0.15) is 44.5 Å². The number of amides is 1. The van der Waals surface area contributed by atoms with Gasteiger partial charge in [0.15, 0.2) is 5.65 Å². The summed E-state index contributed by atoms with van der Waals surface area (Å²) in [7, 11) is 0. The first-order valence-corrected chi connectivity index (χ1v) is 9.84. The topological polar surface area (TPSA) is 59.8 Å². The average Bonchev–Trinajstić information content (AvgIpc) is 3.03. The first-order chi connectivity index (χ1) is 13.5. The van der Waals surface area contributed by atoms with E-state index in [2.05, 4.69) is 28.7 Å². The highest BCUT2D eigenvalue weighted by Gasteiger charge is 2.12. The van der Waals surface area contributed by atoms with Crippen LogP contribution in [0.5, 0.6) is 0 Å². The molecule has 0 aliphatic rings. The van der Waals surface area contributed by atoms with Gasteiger partial charge in [-0.2, -0.15) is 0 Å². The number of fused-ring (bicyclic) bond motifs is 1. The van der Waals surface area contributed by atoms with Gasteiger partial charge in [0.25, 0.3) is 0 Å². The minimum absolute atomic E-state index is 0.00714. The van der Waals surface area contributed by atoms with Crippen molar-refractivity contribution in [1.82, 2.24) is 19.9 Å². The lowest BCUT2D eigenvalue weighted by Crippen LogP contribution is -2.22. The first kappa shape index (κ1) is 20.0. The number of hydrogen-bond donors (Lipinski definition) is 1. The van der Waals surface area contributed by atoms with Crippen molar-refractivity contribution in [2.75, 3.05) is 0 Å². The molecule has 0 aliphatic heterocycles. The average molecular weight is 382 g/mol. The second-order valence-electron chi connectivity index (χ2n) is 7.47. The SMILES string of the molecule is CC(C)CCn1c(CCCC(=O)NCc2ccc(F)cc2)nc2cccnc21. The fraction of sp³-hybridized carbons (Fsp3) is 0.409. The van der Waals surface area contributed by atoms with Crippen LogP contribution in [0.2, 0.25) is 0 Å². The van der Waals surface area contributed by atoms with E-state index in [9.17, 15) is 9.18 Å². The number of nitrogens with zero attached hydrogens (tertiary/aromatic N) is 3. The number of imidazole rings is 1. The predicted molar refractivity (Wildman–Crippen MR) is 108 cm³/mol. The summed E-state index contributed by atoms with van der Waals surface area (Å²) in [5.74, 6) is 1.31. The zero-order valence-electron chi connectivity index (χ0n) is 16.5. The normalized spacial score (nSPS) is 11.3. The number of halogens is 1. The van der Waals surface area contributed by atoms with E-state index >= 15 is 0 Å². The fourth-order valence-corrected chi connectivity index (χ4v) is 3.12. The highest BCUT2D eigenvalue weighted by Crippen LogP contribution is 2.17. The number of aryl methyl sites for hydroxylation is 2. The Kier molecular flexibility index (Phi) is 6.74. The van der Waals surface area contributed by atoms with E-state index in [1.807, 2.05) is 12.1 Å². The minimum atomic E-state index is -0.273. The lowest BCUT2D eigenvalue weighted by atomic mass is 10.1. The van der Waals surface area contributed by atoms with Crippen LogP contribution in [0.15, 0.2) is 42.6 Å². The Balaban J connectivity index is 1.54. The second-order valence-corrected chi connectivity index (χ2v) is 7.47. The van der Waals surface area contributed by atoms with Gasteiger partial charge in [-0.05, 0) is 48.6 Å². The Labute approximate surface area is 165 Å². The molecule has 2 heterocycles. The summed E-state index contributed by atoms with van der Waals surface area (Å²) in [5.41, 5.74) is 2.71. The third-order valence-electron chi connectivity index (χ3n) is 4.72. The van der Waals surface area contributed by atoms with E-state index in [0.29, 0.717) is 18.9 Å². The molecule has 148 valence electrons. The number of nitrogens with one attached hydrogen (secondary N) is 1. The lowest BCUT2D eigenvalue weighted by molar-refractivity contribution is -0.121. The van der Waals surface area contributed by atoms with E-state index in [1.54, 1.807) is 18.3 Å². The van der Waals surface area contributed by atoms with Crippen molar-refractivity contribution in [3.63, 3.8) is 0 Å². The molecule has 1 amide bonds. The number of aromatic nitrogens is 3. The van der Waals surface area contributed by atoms with Crippen molar-refractivity contribution in [1.29, 1.82) is 0 Å². The summed E-state index contributed by atoms with van der Waals surface area (Å²) in [6.45, 7) is 5.71. The van der Waals surface area contributed by atoms with Gasteiger partial charge in [0.2, 0.25) is 5.91 Å². The van der Waals surface area contributed by atoms with Crippen molar-refractivity contribution in [3.05, 3.63) is 59.8 Å². The molecule has 5 nitrogen and oxygen atoms in total. The number of rotatable bonds is 9. The van der Waals surface area contributed by atoms with Crippen LogP contribution >= 0.6 is 0 Å². The van der Waals surface area contributed by atoms with E-state index in [0.717, 1.165) is 48.4 Å². The number of carbonyl (C=O) groups is 1. The zero-order chi connectivity index (χ0) is 19.9. The van der Waals surface area contributed by atoms with Gasteiger partial charge in [-0.3, -0.25) is 4.79 Å². The second kappa shape index (κ2) is 9.44. The Bertz CT molecular complexity index is 918. The van der Waals surface area contributed by atoms with Crippen LogP contribution in [0.3, 0.4) is 0 Å². The van der Waals surface area contributed by atoms with Crippen LogP contribution in [0.4, 0.5) is 4.39 Å². The predicted octanol–water partition coefficient (Wildman–Crippen LogP) is 4.26. The fourth-order valence-electron chi connectivity index (χ4n) is 3.12. The van der Waals surface area contributed by atoms with Crippen molar-refractivity contribution in [2.45, 2.75) is 52.6 Å². The summed E-state index contributed by atoms with van der Waals surface area (Å²) >= 11 is 0. The maximum atomic E-state index is 12.9. The molecule has 0 saturated heterocycles. The molecule has 6 heteroatoms. The van der Waals surface area contributed by atoms with Crippen LogP contribution in [-0.2, 0) is 24.3 Å². The van der Waals surface area contributed by atoms with E-state index in [1.165, 1.54) is 12.1 Å². The standard InChI is InChI=1S/C22H27FN4O/c1-16(2)12-14-27-20(26-19-5-4-13-24-22(19)27)6-3-7-21(28)25-15-17-8-10-18(23)11-9-17/h4-5,8-11,13,16H,3,6-7,12,14-15H2,1-2H3,(H,25,28). The van der Waals surface area contributed by atoms with Crippen molar-refractivity contribution >= 4 is 17.1 Å². The summed E-state index contributed by atoms with van der Waals surface area (Å²) in [6, 6.07) is 10.0. The molecule has 28 heavy (non-hydrogen) atoms. The summed E-state index contributed by atoms with van der Waals surface area (Å²) < 4.78 is 15.1. The Morgan fingerprint density at radius 3 is 2.75 bits per heavy atom. The third kappa shape index (κ3) is 5.38. The lowest BCUT2D eigenvalue weighted by Gasteiger charge is -2.10. The van der Waals surface area contributed by atoms with Crippen LogP contribution in [-0.4, -0.2) is 20.4 Å².